The third-order valence-electron chi connectivity index (χ3n) is 7.23. The molecule has 1 aliphatic carbocycles. The number of anilines is 2. The molecule has 3 aliphatic heterocycles. The Balaban J connectivity index is 1.39. The van der Waals surface area contributed by atoms with Crippen molar-refractivity contribution < 1.29 is 22.7 Å². The summed E-state index contributed by atoms with van der Waals surface area (Å²) in [4.78, 5) is 36.9. The Hall–Kier alpha value is -2.95. The van der Waals surface area contributed by atoms with Gasteiger partial charge in [-0.2, -0.15) is 18.2 Å². The average molecular weight is 447 g/mol. The Morgan fingerprint density at radius 1 is 1.28 bits per heavy atom. The fourth-order valence-electron chi connectivity index (χ4n) is 5.46. The molecule has 0 radical (unpaired) electrons. The SMILES string of the molecule is O=C(CN1c2nc(N3C[C@H]4OCC5CC543)cc(=O)n2CC[C@H]1C(F)(F)F)c1ccncc1. The minimum Gasteiger partial charge on any atom is -0.374 e. The summed E-state index contributed by atoms with van der Waals surface area (Å²) in [5.74, 6) is 0.118. The van der Waals surface area contributed by atoms with Crippen molar-refractivity contribution in [2.45, 2.75) is 43.2 Å². The summed E-state index contributed by atoms with van der Waals surface area (Å²) < 4.78 is 48.7. The van der Waals surface area contributed by atoms with Gasteiger partial charge in [0.1, 0.15) is 11.9 Å². The van der Waals surface area contributed by atoms with Crippen LogP contribution in [0.3, 0.4) is 0 Å². The van der Waals surface area contributed by atoms with Crippen molar-refractivity contribution in [2.75, 3.05) is 29.5 Å². The topological polar surface area (TPSA) is 80.6 Å². The zero-order chi connectivity index (χ0) is 22.3. The number of aromatic nitrogens is 3. The highest BCUT2D eigenvalue weighted by molar-refractivity contribution is 5.99. The standard InChI is InChI=1S/C21H20F3N5O3/c22-21(23,24)15-3-6-27-18(31)7-17(29-10-16-20(29)8-13(20)11-32-16)26-19(27)28(15)9-14(30)12-1-4-25-5-2-12/h1-2,4-5,7,13,15-16H,3,6,8-11H2/t13?,15-,16+,20?/m0/s1. The monoisotopic (exact) mass is 447 g/mol. The number of halogens is 3. The van der Waals surface area contributed by atoms with Gasteiger partial charge in [0.05, 0.1) is 24.8 Å². The number of pyridine rings is 1. The van der Waals surface area contributed by atoms with Gasteiger partial charge in [0.25, 0.3) is 5.56 Å². The maximum Gasteiger partial charge on any atom is 0.408 e. The number of hydrogen-bond acceptors (Lipinski definition) is 7. The molecule has 8 nitrogen and oxygen atoms in total. The number of ether oxygens (including phenoxy) is 1. The van der Waals surface area contributed by atoms with E-state index in [4.69, 9.17) is 4.74 Å². The first-order valence-corrected chi connectivity index (χ1v) is 10.6. The van der Waals surface area contributed by atoms with Crippen molar-refractivity contribution in [3.63, 3.8) is 0 Å². The van der Waals surface area contributed by atoms with Gasteiger partial charge < -0.3 is 14.5 Å². The first-order valence-electron chi connectivity index (χ1n) is 10.6. The van der Waals surface area contributed by atoms with Crippen LogP contribution in [0.5, 0.6) is 0 Å². The zero-order valence-corrected chi connectivity index (χ0v) is 17.0. The predicted molar refractivity (Wildman–Crippen MR) is 107 cm³/mol. The third kappa shape index (κ3) is 2.73. The molecule has 2 aromatic heterocycles. The molecule has 0 amide bonds. The highest BCUT2D eigenvalue weighted by Gasteiger charge is 2.74. The summed E-state index contributed by atoms with van der Waals surface area (Å²) in [5.41, 5.74) is -0.332. The van der Waals surface area contributed by atoms with Gasteiger partial charge in [-0.05, 0) is 25.0 Å². The second kappa shape index (κ2) is 6.53. The van der Waals surface area contributed by atoms with E-state index in [1.807, 2.05) is 4.90 Å². The van der Waals surface area contributed by atoms with E-state index >= 15 is 0 Å². The molecule has 6 rings (SSSR count). The van der Waals surface area contributed by atoms with Crippen molar-refractivity contribution in [1.82, 2.24) is 14.5 Å². The predicted octanol–water partition coefficient (Wildman–Crippen LogP) is 1.64. The molecule has 5 heterocycles. The summed E-state index contributed by atoms with van der Waals surface area (Å²) >= 11 is 0. The van der Waals surface area contributed by atoms with Crippen molar-refractivity contribution in [2.24, 2.45) is 5.92 Å². The first-order chi connectivity index (χ1) is 15.3. The number of hydrogen-bond donors (Lipinski definition) is 0. The van der Waals surface area contributed by atoms with Gasteiger partial charge in [-0.25, -0.2) is 0 Å². The van der Waals surface area contributed by atoms with Crippen molar-refractivity contribution in [3.8, 4) is 0 Å². The van der Waals surface area contributed by atoms with E-state index in [-0.39, 0.29) is 36.1 Å². The summed E-state index contributed by atoms with van der Waals surface area (Å²) in [6.45, 7) is 0.577. The Morgan fingerprint density at radius 2 is 2.06 bits per heavy atom. The Labute approximate surface area is 180 Å². The smallest absolute Gasteiger partial charge is 0.374 e. The average Bonchev–Trinajstić information content (AvgIpc) is 3.45. The van der Waals surface area contributed by atoms with Gasteiger partial charge in [-0.15, -0.1) is 0 Å². The van der Waals surface area contributed by atoms with Crippen LogP contribution in [0, 0.1) is 5.92 Å². The lowest BCUT2D eigenvalue weighted by Crippen LogP contribution is -2.63. The third-order valence-corrected chi connectivity index (χ3v) is 7.23. The number of nitrogens with zero attached hydrogens (tertiary/aromatic N) is 5. The number of carbonyl (C=O) groups is 1. The maximum atomic E-state index is 13.9. The van der Waals surface area contributed by atoms with Crippen LogP contribution in [0.25, 0.3) is 0 Å². The summed E-state index contributed by atoms with van der Waals surface area (Å²) in [5, 5.41) is 0. The molecule has 2 aromatic rings. The van der Waals surface area contributed by atoms with Crippen LogP contribution in [0.4, 0.5) is 24.9 Å². The number of Topliss-reactive ketones (excluding diaryl/α,β-unsaturated/α-hetero) is 1. The van der Waals surface area contributed by atoms with E-state index in [1.54, 1.807) is 0 Å². The van der Waals surface area contributed by atoms with Crippen molar-refractivity contribution in [1.29, 1.82) is 0 Å². The van der Waals surface area contributed by atoms with E-state index in [2.05, 4.69) is 9.97 Å². The molecule has 2 saturated heterocycles. The molecular weight excluding hydrogens is 427 g/mol. The molecule has 0 N–H and O–H groups in total. The minimum absolute atomic E-state index is 0.0837. The van der Waals surface area contributed by atoms with Crippen LogP contribution in [-0.4, -0.2) is 63.9 Å². The van der Waals surface area contributed by atoms with Gasteiger partial charge in [0, 0.05) is 43.0 Å². The lowest BCUT2D eigenvalue weighted by atomic mass is 9.95. The lowest BCUT2D eigenvalue weighted by Gasteiger charge is -2.47. The maximum absolute atomic E-state index is 13.9. The molecule has 1 saturated carbocycles. The van der Waals surface area contributed by atoms with Gasteiger partial charge in [0.2, 0.25) is 5.95 Å². The Morgan fingerprint density at radius 3 is 2.75 bits per heavy atom. The number of carbonyl (C=O) groups excluding carboxylic acids is 1. The Bertz CT molecular complexity index is 1150. The molecule has 3 fully saturated rings. The van der Waals surface area contributed by atoms with E-state index < -0.39 is 30.1 Å². The summed E-state index contributed by atoms with van der Waals surface area (Å²) in [6, 6.07) is 2.40. The van der Waals surface area contributed by atoms with E-state index in [0.29, 0.717) is 24.9 Å². The summed E-state index contributed by atoms with van der Waals surface area (Å²) in [6.07, 6.45) is -1.05. The van der Waals surface area contributed by atoms with Gasteiger partial charge in [0.15, 0.2) is 5.78 Å². The van der Waals surface area contributed by atoms with Crippen LogP contribution in [-0.2, 0) is 11.3 Å². The van der Waals surface area contributed by atoms with Gasteiger partial charge in [-0.1, -0.05) is 0 Å². The minimum atomic E-state index is -4.57. The van der Waals surface area contributed by atoms with E-state index in [9.17, 15) is 22.8 Å². The molecule has 4 aliphatic rings. The number of ketones is 1. The first kappa shape index (κ1) is 19.7. The highest BCUT2D eigenvalue weighted by atomic mass is 19.4. The summed E-state index contributed by atoms with van der Waals surface area (Å²) in [7, 11) is 0. The van der Waals surface area contributed by atoms with E-state index in [1.165, 1.54) is 35.2 Å². The molecule has 11 heteroatoms. The molecule has 0 aromatic carbocycles. The second-order valence-electron chi connectivity index (χ2n) is 8.86. The largest absolute Gasteiger partial charge is 0.408 e. The van der Waals surface area contributed by atoms with E-state index in [0.717, 1.165) is 11.3 Å². The molecule has 4 atom stereocenters. The lowest BCUT2D eigenvalue weighted by molar-refractivity contribution is -0.152. The van der Waals surface area contributed by atoms with Crippen LogP contribution < -0.4 is 15.4 Å². The molecule has 32 heavy (non-hydrogen) atoms. The molecule has 0 bridgehead atoms. The molecule has 1 spiro atoms. The Kier molecular flexibility index (Phi) is 4.02. The molecule has 2 unspecified atom stereocenters. The quantitative estimate of drug-likeness (QED) is 0.660. The second-order valence-corrected chi connectivity index (χ2v) is 8.86. The number of rotatable bonds is 4. The normalized spacial score (nSPS) is 30.3. The van der Waals surface area contributed by atoms with Gasteiger partial charge >= 0.3 is 6.18 Å². The molecular formula is C21H20F3N5O3. The number of alkyl halides is 3. The van der Waals surface area contributed by atoms with Crippen LogP contribution in [0.2, 0.25) is 0 Å². The zero-order valence-electron chi connectivity index (χ0n) is 17.0. The van der Waals surface area contributed by atoms with Gasteiger partial charge in [-0.3, -0.25) is 19.1 Å². The van der Waals surface area contributed by atoms with Crippen LogP contribution in [0.1, 0.15) is 23.2 Å². The highest BCUT2D eigenvalue weighted by Crippen LogP contribution is 2.63. The van der Waals surface area contributed by atoms with Crippen LogP contribution in [0.15, 0.2) is 35.4 Å². The fourth-order valence-corrected chi connectivity index (χ4v) is 5.46. The van der Waals surface area contributed by atoms with Crippen LogP contribution >= 0.6 is 0 Å². The van der Waals surface area contributed by atoms with Crippen molar-refractivity contribution in [3.05, 3.63) is 46.5 Å². The van der Waals surface area contributed by atoms with Crippen molar-refractivity contribution >= 4 is 17.5 Å². The molecule has 168 valence electrons. The fraction of sp³-hybridized carbons (Fsp3) is 0.524. The number of fused-ring (bicyclic) bond motifs is 1.